The van der Waals surface area contributed by atoms with Crippen LogP contribution in [0.4, 0.5) is 0 Å². The summed E-state index contributed by atoms with van der Waals surface area (Å²) in [5, 5.41) is 10.4. The zero-order valence-electron chi connectivity index (χ0n) is 12.4. The fourth-order valence-corrected chi connectivity index (χ4v) is 2.91. The topological polar surface area (TPSA) is 68.2 Å². The Bertz CT molecular complexity index is 656. The molecule has 1 aromatic carbocycles. The first-order valence-corrected chi connectivity index (χ1v) is 7.06. The van der Waals surface area contributed by atoms with Gasteiger partial charge in [0.05, 0.1) is 11.1 Å². The second-order valence-electron chi connectivity index (χ2n) is 5.24. The Morgan fingerprint density at radius 1 is 1.40 bits per heavy atom. The predicted molar refractivity (Wildman–Crippen MR) is 81.4 cm³/mol. The van der Waals surface area contributed by atoms with Crippen molar-refractivity contribution in [3.63, 3.8) is 0 Å². The van der Waals surface area contributed by atoms with E-state index < -0.39 is 5.97 Å². The average molecular weight is 274 g/mol. The third-order valence-corrected chi connectivity index (χ3v) is 3.88. The Morgan fingerprint density at radius 2 is 2.10 bits per heavy atom. The van der Waals surface area contributed by atoms with Gasteiger partial charge in [-0.2, -0.15) is 0 Å². The minimum Gasteiger partial charge on any atom is -0.478 e. The zero-order chi connectivity index (χ0) is 14.9. The maximum Gasteiger partial charge on any atom is 0.335 e. The van der Waals surface area contributed by atoms with E-state index in [0.717, 1.165) is 41.4 Å². The summed E-state index contributed by atoms with van der Waals surface area (Å²) in [4.78, 5) is 11.4. The number of nitrogens with zero attached hydrogens (tertiary/aromatic N) is 1. The first-order valence-electron chi connectivity index (χ1n) is 7.06. The number of benzene rings is 1. The molecule has 0 aliphatic rings. The van der Waals surface area contributed by atoms with Gasteiger partial charge in [-0.15, -0.1) is 0 Å². The van der Waals surface area contributed by atoms with Crippen LogP contribution in [-0.2, 0) is 13.0 Å². The molecule has 0 saturated heterocycles. The lowest BCUT2D eigenvalue weighted by Crippen LogP contribution is -2.06. The Labute approximate surface area is 119 Å². The SMILES string of the molecule is CCc1cn(CCCN)c2c(C)cc(C(=O)O)c(C)c12. The molecule has 108 valence electrons. The number of hydrogen-bond acceptors (Lipinski definition) is 2. The average Bonchev–Trinajstić information content (AvgIpc) is 2.79. The van der Waals surface area contributed by atoms with Crippen LogP contribution in [0.3, 0.4) is 0 Å². The lowest BCUT2D eigenvalue weighted by atomic mass is 9.97. The summed E-state index contributed by atoms with van der Waals surface area (Å²) < 4.78 is 2.22. The van der Waals surface area contributed by atoms with Gasteiger partial charge in [0, 0.05) is 18.1 Å². The van der Waals surface area contributed by atoms with Gasteiger partial charge in [0.2, 0.25) is 0 Å². The van der Waals surface area contributed by atoms with Crippen molar-refractivity contribution in [2.45, 2.75) is 40.2 Å². The Balaban J connectivity index is 2.76. The fraction of sp³-hybridized carbons (Fsp3) is 0.438. The molecule has 0 radical (unpaired) electrons. The van der Waals surface area contributed by atoms with Crippen molar-refractivity contribution < 1.29 is 9.90 Å². The Morgan fingerprint density at radius 3 is 2.65 bits per heavy atom. The van der Waals surface area contributed by atoms with Crippen LogP contribution in [0.15, 0.2) is 12.3 Å². The van der Waals surface area contributed by atoms with E-state index in [9.17, 15) is 9.90 Å². The van der Waals surface area contributed by atoms with Crippen LogP contribution < -0.4 is 5.73 Å². The second kappa shape index (κ2) is 5.67. The summed E-state index contributed by atoms with van der Waals surface area (Å²) in [6.07, 6.45) is 3.97. The van der Waals surface area contributed by atoms with E-state index in [2.05, 4.69) is 17.7 Å². The van der Waals surface area contributed by atoms with E-state index in [1.807, 2.05) is 13.8 Å². The number of aromatic nitrogens is 1. The van der Waals surface area contributed by atoms with Crippen LogP contribution in [0, 0.1) is 13.8 Å². The third kappa shape index (κ3) is 2.31. The highest BCUT2D eigenvalue weighted by molar-refractivity contribution is 5.99. The summed E-state index contributed by atoms with van der Waals surface area (Å²) >= 11 is 0. The molecule has 4 heteroatoms. The van der Waals surface area contributed by atoms with Crippen molar-refractivity contribution in [1.29, 1.82) is 0 Å². The van der Waals surface area contributed by atoms with Crippen LogP contribution in [0.2, 0.25) is 0 Å². The van der Waals surface area contributed by atoms with Gasteiger partial charge >= 0.3 is 5.97 Å². The highest BCUT2D eigenvalue weighted by Crippen LogP contribution is 2.31. The van der Waals surface area contributed by atoms with Gasteiger partial charge in [-0.3, -0.25) is 0 Å². The molecule has 20 heavy (non-hydrogen) atoms. The van der Waals surface area contributed by atoms with Crippen molar-refractivity contribution in [2.24, 2.45) is 5.73 Å². The molecule has 2 rings (SSSR count). The second-order valence-corrected chi connectivity index (χ2v) is 5.24. The van der Waals surface area contributed by atoms with Gasteiger partial charge in [0.15, 0.2) is 0 Å². The summed E-state index contributed by atoms with van der Waals surface area (Å²) in [7, 11) is 0. The van der Waals surface area contributed by atoms with E-state index in [-0.39, 0.29) is 0 Å². The molecule has 4 nitrogen and oxygen atoms in total. The molecule has 3 N–H and O–H groups in total. The smallest absolute Gasteiger partial charge is 0.335 e. The minimum absolute atomic E-state index is 0.404. The van der Waals surface area contributed by atoms with Gasteiger partial charge in [0.1, 0.15) is 0 Å². The van der Waals surface area contributed by atoms with Crippen molar-refractivity contribution in [2.75, 3.05) is 6.54 Å². The van der Waals surface area contributed by atoms with Crippen LogP contribution in [0.5, 0.6) is 0 Å². The number of rotatable bonds is 5. The molecule has 0 amide bonds. The number of carbonyl (C=O) groups is 1. The van der Waals surface area contributed by atoms with Crippen LogP contribution in [0.25, 0.3) is 10.9 Å². The number of nitrogens with two attached hydrogens (primary N) is 1. The van der Waals surface area contributed by atoms with Gasteiger partial charge in [-0.1, -0.05) is 6.92 Å². The maximum absolute atomic E-state index is 11.4. The highest BCUT2D eigenvalue weighted by atomic mass is 16.4. The molecule has 0 aliphatic heterocycles. The largest absolute Gasteiger partial charge is 0.478 e. The molecular weight excluding hydrogens is 252 g/mol. The number of aryl methyl sites for hydroxylation is 4. The number of hydrogen-bond donors (Lipinski definition) is 2. The molecule has 0 aliphatic carbocycles. The van der Waals surface area contributed by atoms with E-state index in [0.29, 0.717) is 12.1 Å². The van der Waals surface area contributed by atoms with Crippen molar-refractivity contribution in [1.82, 2.24) is 4.57 Å². The van der Waals surface area contributed by atoms with Gasteiger partial charge in [-0.05, 0) is 56.0 Å². The van der Waals surface area contributed by atoms with Crippen LogP contribution in [0.1, 0.15) is 40.4 Å². The Hall–Kier alpha value is -1.81. The Kier molecular flexibility index (Phi) is 4.14. The normalized spacial score (nSPS) is 11.2. The zero-order valence-corrected chi connectivity index (χ0v) is 12.4. The van der Waals surface area contributed by atoms with E-state index in [4.69, 9.17) is 5.73 Å². The summed E-state index contributed by atoms with van der Waals surface area (Å²) in [6, 6.07) is 1.78. The third-order valence-electron chi connectivity index (χ3n) is 3.88. The summed E-state index contributed by atoms with van der Waals surface area (Å²) in [5.74, 6) is -0.857. The van der Waals surface area contributed by atoms with Crippen LogP contribution in [-0.4, -0.2) is 22.2 Å². The lowest BCUT2D eigenvalue weighted by Gasteiger charge is -2.10. The molecule has 0 bridgehead atoms. The molecule has 0 spiro atoms. The fourth-order valence-electron chi connectivity index (χ4n) is 2.91. The highest BCUT2D eigenvalue weighted by Gasteiger charge is 2.17. The molecule has 0 unspecified atom stereocenters. The summed E-state index contributed by atoms with van der Waals surface area (Å²) in [6.45, 7) is 7.51. The first-order chi connectivity index (χ1) is 9.51. The maximum atomic E-state index is 11.4. The quantitative estimate of drug-likeness (QED) is 0.881. The molecule has 1 aromatic heterocycles. The van der Waals surface area contributed by atoms with Gasteiger partial charge < -0.3 is 15.4 Å². The number of carboxylic acid groups (broad SMARTS) is 1. The van der Waals surface area contributed by atoms with Gasteiger partial charge in [-0.25, -0.2) is 4.79 Å². The molecule has 0 saturated carbocycles. The molecular formula is C16H22N2O2. The number of fused-ring (bicyclic) bond motifs is 1. The van der Waals surface area contributed by atoms with Crippen LogP contribution >= 0.6 is 0 Å². The van der Waals surface area contributed by atoms with E-state index >= 15 is 0 Å². The molecule has 1 heterocycles. The molecule has 0 fully saturated rings. The van der Waals surface area contributed by atoms with Crippen molar-refractivity contribution >= 4 is 16.9 Å². The lowest BCUT2D eigenvalue weighted by molar-refractivity contribution is 0.0696. The number of carboxylic acids is 1. The minimum atomic E-state index is -0.857. The summed E-state index contributed by atoms with van der Waals surface area (Å²) in [5.41, 5.74) is 10.2. The van der Waals surface area contributed by atoms with Crippen molar-refractivity contribution in [3.8, 4) is 0 Å². The predicted octanol–water partition coefficient (Wildman–Crippen LogP) is 2.87. The van der Waals surface area contributed by atoms with Crippen molar-refractivity contribution in [3.05, 3.63) is 34.5 Å². The molecule has 2 aromatic rings. The molecule has 0 atom stereocenters. The standard InChI is InChI=1S/C16H22N2O2/c1-4-12-9-18(7-5-6-17)15-10(2)8-13(16(19)20)11(3)14(12)15/h8-9H,4-7,17H2,1-3H3,(H,19,20). The first kappa shape index (κ1) is 14.6. The van der Waals surface area contributed by atoms with E-state index in [1.165, 1.54) is 5.56 Å². The van der Waals surface area contributed by atoms with Gasteiger partial charge in [0.25, 0.3) is 0 Å². The number of aromatic carboxylic acids is 1. The monoisotopic (exact) mass is 274 g/mol. The van der Waals surface area contributed by atoms with E-state index in [1.54, 1.807) is 6.07 Å².